The van der Waals surface area contributed by atoms with E-state index in [4.69, 9.17) is 0 Å². The van der Waals surface area contributed by atoms with Crippen molar-refractivity contribution in [3.63, 3.8) is 0 Å². The molecule has 0 spiro atoms. The number of aromatic nitrogens is 3. The Morgan fingerprint density at radius 1 is 1.21 bits per heavy atom. The van der Waals surface area contributed by atoms with Crippen molar-refractivity contribution in [2.75, 3.05) is 6.54 Å². The van der Waals surface area contributed by atoms with Crippen molar-refractivity contribution < 1.29 is 13.2 Å². The van der Waals surface area contributed by atoms with Gasteiger partial charge in [0, 0.05) is 37.0 Å². The number of fused-ring (bicyclic) bond motifs is 1. The van der Waals surface area contributed by atoms with E-state index in [9.17, 15) is 18.0 Å². The van der Waals surface area contributed by atoms with Crippen LogP contribution in [-0.2, 0) is 25.7 Å². The number of benzene rings is 1. The second-order valence-corrected chi connectivity index (χ2v) is 7.61. The predicted octanol–water partition coefficient (Wildman–Crippen LogP) is 3.78. The molecule has 0 fully saturated rings. The first kappa shape index (κ1) is 18.8. The van der Waals surface area contributed by atoms with Crippen LogP contribution in [0.1, 0.15) is 28.3 Å². The van der Waals surface area contributed by atoms with Crippen LogP contribution in [0.2, 0.25) is 0 Å². The zero-order chi connectivity index (χ0) is 19.9. The first-order chi connectivity index (χ1) is 13.3. The van der Waals surface area contributed by atoms with Gasteiger partial charge in [-0.3, -0.25) is 9.69 Å². The van der Waals surface area contributed by atoms with Gasteiger partial charge >= 0.3 is 6.18 Å². The molecule has 4 rings (SSSR count). The predicted molar refractivity (Wildman–Crippen MR) is 100.0 cm³/mol. The Balaban J connectivity index is 1.47. The molecule has 1 aliphatic heterocycles. The number of aromatic amines is 1. The fraction of sp³-hybridized carbons (Fsp3) is 0.316. The summed E-state index contributed by atoms with van der Waals surface area (Å²) in [4.78, 5) is 26.0. The number of nitrogens with zero attached hydrogens (tertiary/aromatic N) is 3. The quantitative estimate of drug-likeness (QED) is 0.719. The number of thiazole rings is 1. The van der Waals surface area contributed by atoms with Gasteiger partial charge in [-0.05, 0) is 19.1 Å². The smallest absolute Gasteiger partial charge is 0.310 e. The van der Waals surface area contributed by atoms with Crippen LogP contribution in [-0.4, -0.2) is 26.4 Å². The Labute approximate surface area is 162 Å². The molecule has 28 heavy (non-hydrogen) atoms. The molecular weight excluding hydrogens is 389 g/mol. The molecule has 1 aliphatic rings. The molecule has 0 radical (unpaired) electrons. The van der Waals surface area contributed by atoms with Gasteiger partial charge in [-0.1, -0.05) is 12.1 Å². The van der Waals surface area contributed by atoms with E-state index in [0.29, 0.717) is 41.5 Å². The Bertz CT molecular complexity index is 1060. The van der Waals surface area contributed by atoms with Gasteiger partial charge in [0.15, 0.2) is 0 Å². The summed E-state index contributed by atoms with van der Waals surface area (Å²) in [6, 6.07) is 5.02. The third-order valence-electron chi connectivity index (χ3n) is 4.66. The highest BCUT2D eigenvalue weighted by atomic mass is 32.1. The van der Waals surface area contributed by atoms with Crippen LogP contribution in [0, 0.1) is 6.92 Å². The van der Waals surface area contributed by atoms with Crippen molar-refractivity contribution in [3.05, 3.63) is 68.3 Å². The maximum Gasteiger partial charge on any atom is 0.416 e. The zero-order valence-corrected chi connectivity index (χ0v) is 15.8. The zero-order valence-electron chi connectivity index (χ0n) is 15.0. The minimum Gasteiger partial charge on any atom is -0.310 e. The van der Waals surface area contributed by atoms with Gasteiger partial charge in [-0.2, -0.15) is 13.2 Å². The summed E-state index contributed by atoms with van der Waals surface area (Å²) in [7, 11) is 0. The molecule has 2 aromatic heterocycles. The van der Waals surface area contributed by atoms with E-state index in [1.54, 1.807) is 6.92 Å². The van der Waals surface area contributed by atoms with Gasteiger partial charge in [0.1, 0.15) is 10.8 Å². The van der Waals surface area contributed by atoms with Crippen molar-refractivity contribution in [1.29, 1.82) is 0 Å². The lowest BCUT2D eigenvalue weighted by atomic mass is 10.1. The van der Waals surface area contributed by atoms with Crippen LogP contribution in [0.25, 0.3) is 10.6 Å². The van der Waals surface area contributed by atoms with Crippen molar-refractivity contribution in [2.45, 2.75) is 32.6 Å². The highest BCUT2D eigenvalue weighted by molar-refractivity contribution is 7.13. The number of aryl methyl sites for hydroxylation is 1. The molecule has 146 valence electrons. The SMILES string of the molecule is Cc1nc2c(c(=O)[nH]1)CN(Cc1csc(-c3ccc(C(F)(F)F)cc3)n1)CC2. The summed E-state index contributed by atoms with van der Waals surface area (Å²) in [5.41, 5.74) is 2.26. The number of hydrogen-bond donors (Lipinski definition) is 1. The summed E-state index contributed by atoms with van der Waals surface area (Å²) in [5, 5.41) is 2.58. The van der Waals surface area contributed by atoms with E-state index in [1.807, 2.05) is 5.38 Å². The molecular formula is C19H17F3N4OS. The first-order valence-corrected chi connectivity index (χ1v) is 9.60. The van der Waals surface area contributed by atoms with Gasteiger partial charge in [0.2, 0.25) is 0 Å². The van der Waals surface area contributed by atoms with E-state index in [2.05, 4.69) is 19.9 Å². The fourth-order valence-corrected chi connectivity index (χ4v) is 4.10. The summed E-state index contributed by atoms with van der Waals surface area (Å²) < 4.78 is 38.1. The number of alkyl halides is 3. The minimum atomic E-state index is -4.34. The van der Waals surface area contributed by atoms with Crippen molar-refractivity contribution in [2.24, 2.45) is 0 Å². The van der Waals surface area contributed by atoms with E-state index >= 15 is 0 Å². The lowest BCUT2D eigenvalue weighted by Gasteiger charge is -2.26. The van der Waals surface area contributed by atoms with Crippen molar-refractivity contribution >= 4 is 11.3 Å². The van der Waals surface area contributed by atoms with Crippen LogP contribution in [0.3, 0.4) is 0 Å². The standard InChI is InChI=1S/C19H17F3N4OS/c1-11-23-16-6-7-26(9-15(16)17(27)24-11)8-14-10-28-18(25-14)12-2-4-13(5-3-12)19(20,21)22/h2-5,10H,6-9H2,1H3,(H,23,24,27). The highest BCUT2D eigenvalue weighted by Gasteiger charge is 2.30. The molecule has 0 amide bonds. The van der Waals surface area contributed by atoms with Gasteiger partial charge < -0.3 is 4.98 Å². The van der Waals surface area contributed by atoms with Crippen LogP contribution in [0.15, 0.2) is 34.4 Å². The lowest BCUT2D eigenvalue weighted by Crippen LogP contribution is -2.35. The summed E-state index contributed by atoms with van der Waals surface area (Å²) in [5.74, 6) is 0.623. The molecule has 1 N–H and O–H groups in total. The van der Waals surface area contributed by atoms with Crippen LogP contribution in [0.4, 0.5) is 13.2 Å². The third-order valence-corrected chi connectivity index (χ3v) is 5.60. The molecule has 3 heterocycles. The summed E-state index contributed by atoms with van der Waals surface area (Å²) >= 11 is 1.40. The maximum absolute atomic E-state index is 12.7. The molecule has 5 nitrogen and oxygen atoms in total. The molecule has 0 unspecified atom stereocenters. The molecule has 0 saturated carbocycles. The number of halogens is 3. The van der Waals surface area contributed by atoms with Crippen molar-refractivity contribution in [1.82, 2.24) is 19.9 Å². The highest BCUT2D eigenvalue weighted by Crippen LogP contribution is 2.32. The van der Waals surface area contributed by atoms with Crippen LogP contribution >= 0.6 is 11.3 Å². The van der Waals surface area contributed by atoms with Gasteiger partial charge in [-0.25, -0.2) is 9.97 Å². The van der Waals surface area contributed by atoms with Gasteiger partial charge in [0.25, 0.3) is 5.56 Å². The summed E-state index contributed by atoms with van der Waals surface area (Å²) in [6.07, 6.45) is -3.64. The molecule has 3 aromatic rings. The van der Waals surface area contributed by atoms with Gasteiger partial charge in [-0.15, -0.1) is 11.3 Å². The van der Waals surface area contributed by atoms with E-state index in [1.165, 1.54) is 23.5 Å². The summed E-state index contributed by atoms with van der Waals surface area (Å²) in [6.45, 7) is 3.62. The normalized spacial score (nSPS) is 14.9. The monoisotopic (exact) mass is 406 g/mol. The van der Waals surface area contributed by atoms with Crippen LogP contribution < -0.4 is 5.56 Å². The Morgan fingerprint density at radius 2 is 1.96 bits per heavy atom. The molecule has 9 heteroatoms. The second-order valence-electron chi connectivity index (χ2n) is 6.76. The number of nitrogens with one attached hydrogen (secondary N) is 1. The average Bonchev–Trinajstić information content (AvgIpc) is 3.10. The molecule has 0 aliphatic carbocycles. The minimum absolute atomic E-state index is 0.101. The fourth-order valence-electron chi connectivity index (χ4n) is 3.28. The largest absolute Gasteiger partial charge is 0.416 e. The van der Waals surface area contributed by atoms with Crippen LogP contribution in [0.5, 0.6) is 0 Å². The molecule has 0 bridgehead atoms. The molecule has 1 aromatic carbocycles. The van der Waals surface area contributed by atoms with Gasteiger partial charge in [0.05, 0.1) is 22.5 Å². The average molecular weight is 406 g/mol. The Morgan fingerprint density at radius 3 is 2.68 bits per heavy atom. The molecule has 0 saturated heterocycles. The number of rotatable bonds is 3. The topological polar surface area (TPSA) is 61.9 Å². The third kappa shape index (κ3) is 3.85. The van der Waals surface area contributed by atoms with E-state index < -0.39 is 11.7 Å². The number of hydrogen-bond acceptors (Lipinski definition) is 5. The Kier molecular flexibility index (Phi) is 4.80. The first-order valence-electron chi connectivity index (χ1n) is 8.72. The molecule has 0 atom stereocenters. The lowest BCUT2D eigenvalue weighted by molar-refractivity contribution is -0.137. The van der Waals surface area contributed by atoms with Crippen molar-refractivity contribution in [3.8, 4) is 10.6 Å². The van der Waals surface area contributed by atoms with E-state index in [-0.39, 0.29) is 5.56 Å². The number of H-pyrrole nitrogens is 1. The Hall–Kier alpha value is -2.52. The maximum atomic E-state index is 12.7. The van der Waals surface area contributed by atoms with E-state index in [0.717, 1.165) is 30.1 Å². The second kappa shape index (κ2) is 7.14.